The molecule has 1 heterocycles. The van der Waals surface area contributed by atoms with E-state index in [2.05, 4.69) is 4.90 Å². The Hall–Kier alpha value is -1.46. The summed E-state index contributed by atoms with van der Waals surface area (Å²) in [5.74, 6) is -0.610. The van der Waals surface area contributed by atoms with Crippen molar-refractivity contribution in [3.8, 4) is 0 Å². The van der Waals surface area contributed by atoms with E-state index in [-0.39, 0.29) is 11.5 Å². The van der Waals surface area contributed by atoms with Crippen LogP contribution in [0.5, 0.6) is 0 Å². The molecule has 0 unspecified atom stereocenters. The van der Waals surface area contributed by atoms with Crippen LogP contribution in [-0.2, 0) is 0 Å². The highest BCUT2D eigenvalue weighted by Crippen LogP contribution is 2.15. The summed E-state index contributed by atoms with van der Waals surface area (Å²) >= 11 is 0. The molecule has 1 aromatic carbocycles. The van der Waals surface area contributed by atoms with Gasteiger partial charge in [0.1, 0.15) is 5.82 Å². The van der Waals surface area contributed by atoms with Crippen molar-refractivity contribution in [3.63, 3.8) is 0 Å². The van der Waals surface area contributed by atoms with E-state index in [9.17, 15) is 9.18 Å². The number of amides is 1. The lowest BCUT2D eigenvalue weighted by Gasteiger charge is -2.22. The minimum atomic E-state index is -0.402. The molecule has 1 fully saturated rings. The molecule has 4 nitrogen and oxygen atoms in total. The molecule has 1 aliphatic rings. The van der Waals surface area contributed by atoms with Gasteiger partial charge in [-0.25, -0.2) is 4.39 Å². The van der Waals surface area contributed by atoms with Crippen molar-refractivity contribution in [1.82, 2.24) is 9.80 Å². The third kappa shape index (κ3) is 3.35. The van der Waals surface area contributed by atoms with Gasteiger partial charge in [0.15, 0.2) is 0 Å². The number of hydrogen-bond donors (Lipinski definition) is 1. The zero-order chi connectivity index (χ0) is 14.5. The normalized spacial score (nSPS) is 17.1. The number of halogens is 1. The second-order valence-electron chi connectivity index (χ2n) is 5.21. The highest BCUT2D eigenvalue weighted by atomic mass is 19.1. The van der Waals surface area contributed by atoms with Gasteiger partial charge in [-0.3, -0.25) is 4.79 Å². The summed E-state index contributed by atoms with van der Waals surface area (Å²) in [7, 11) is 0. The average molecular weight is 279 g/mol. The van der Waals surface area contributed by atoms with Crippen LogP contribution in [0.1, 0.15) is 22.3 Å². The number of benzene rings is 1. The van der Waals surface area contributed by atoms with E-state index in [1.165, 1.54) is 0 Å². The highest BCUT2D eigenvalue weighted by Gasteiger charge is 2.22. The topological polar surface area (TPSA) is 49.6 Å². The average Bonchev–Trinajstić information content (AvgIpc) is 2.67. The Bertz CT molecular complexity index is 478. The van der Waals surface area contributed by atoms with Crippen LogP contribution in [0.4, 0.5) is 4.39 Å². The van der Waals surface area contributed by atoms with E-state index >= 15 is 0 Å². The fraction of sp³-hybridized carbons (Fsp3) is 0.533. The zero-order valence-corrected chi connectivity index (χ0v) is 11.9. The van der Waals surface area contributed by atoms with Crippen LogP contribution in [0.3, 0.4) is 0 Å². The fourth-order valence-electron chi connectivity index (χ4n) is 2.56. The summed E-state index contributed by atoms with van der Waals surface area (Å²) in [6.45, 7) is 6.20. The summed E-state index contributed by atoms with van der Waals surface area (Å²) in [5, 5.41) is 0. The molecular weight excluding hydrogens is 257 g/mol. The molecule has 110 valence electrons. The first kappa shape index (κ1) is 14.9. The summed E-state index contributed by atoms with van der Waals surface area (Å²) in [5.41, 5.74) is 6.25. The van der Waals surface area contributed by atoms with Crippen molar-refractivity contribution >= 4 is 5.91 Å². The van der Waals surface area contributed by atoms with Crippen LogP contribution in [-0.4, -0.2) is 55.0 Å². The van der Waals surface area contributed by atoms with Gasteiger partial charge in [-0.15, -0.1) is 0 Å². The maximum Gasteiger partial charge on any atom is 0.256 e. The van der Waals surface area contributed by atoms with Crippen molar-refractivity contribution in [2.24, 2.45) is 5.73 Å². The molecule has 0 bridgehead atoms. The Kier molecular flexibility index (Phi) is 5.09. The molecular formula is C15H22FN3O. The van der Waals surface area contributed by atoms with Crippen LogP contribution in [0, 0.1) is 12.7 Å². The number of rotatable bonds is 3. The minimum Gasteiger partial charge on any atom is -0.337 e. The van der Waals surface area contributed by atoms with Gasteiger partial charge in [0, 0.05) is 32.7 Å². The van der Waals surface area contributed by atoms with Gasteiger partial charge in [-0.1, -0.05) is 12.1 Å². The van der Waals surface area contributed by atoms with Gasteiger partial charge in [-0.05, 0) is 31.5 Å². The Morgan fingerprint density at radius 2 is 2.10 bits per heavy atom. The van der Waals surface area contributed by atoms with E-state index in [1.54, 1.807) is 30.0 Å². The molecule has 20 heavy (non-hydrogen) atoms. The molecule has 0 saturated carbocycles. The second-order valence-corrected chi connectivity index (χ2v) is 5.21. The van der Waals surface area contributed by atoms with Crippen molar-refractivity contribution in [2.75, 3.05) is 39.3 Å². The SMILES string of the molecule is Cc1cccc(C(=O)N2CCCN(CCN)CC2)c1F. The molecule has 5 heteroatoms. The zero-order valence-electron chi connectivity index (χ0n) is 11.9. The third-order valence-electron chi connectivity index (χ3n) is 3.74. The van der Waals surface area contributed by atoms with Crippen molar-refractivity contribution < 1.29 is 9.18 Å². The van der Waals surface area contributed by atoms with E-state index < -0.39 is 5.82 Å². The molecule has 2 N–H and O–H groups in total. The number of nitrogens with zero attached hydrogens (tertiary/aromatic N) is 2. The molecule has 0 atom stereocenters. The van der Waals surface area contributed by atoms with Gasteiger partial charge in [0.25, 0.3) is 5.91 Å². The van der Waals surface area contributed by atoms with Crippen LogP contribution >= 0.6 is 0 Å². The van der Waals surface area contributed by atoms with Crippen molar-refractivity contribution in [3.05, 3.63) is 35.1 Å². The third-order valence-corrected chi connectivity index (χ3v) is 3.74. The molecule has 0 aromatic heterocycles. The van der Waals surface area contributed by atoms with Crippen LogP contribution < -0.4 is 5.73 Å². The Morgan fingerprint density at radius 1 is 1.30 bits per heavy atom. The van der Waals surface area contributed by atoms with Crippen molar-refractivity contribution in [2.45, 2.75) is 13.3 Å². The molecule has 1 aromatic rings. The maximum atomic E-state index is 14.0. The lowest BCUT2D eigenvalue weighted by Crippen LogP contribution is -2.36. The van der Waals surface area contributed by atoms with Gasteiger partial charge in [-0.2, -0.15) is 0 Å². The van der Waals surface area contributed by atoms with Gasteiger partial charge in [0.05, 0.1) is 5.56 Å². The molecule has 0 spiro atoms. The molecule has 1 saturated heterocycles. The summed E-state index contributed by atoms with van der Waals surface area (Å²) in [6, 6.07) is 4.97. The van der Waals surface area contributed by atoms with Crippen molar-refractivity contribution in [1.29, 1.82) is 0 Å². The maximum absolute atomic E-state index is 14.0. The minimum absolute atomic E-state index is 0.178. The number of carbonyl (C=O) groups excluding carboxylic acids is 1. The Labute approximate surface area is 119 Å². The standard InChI is InChI=1S/C15H22FN3O/c1-12-4-2-5-13(14(12)16)15(20)19-8-3-7-18(9-6-17)10-11-19/h2,4-5H,3,6-11,17H2,1H3. The number of nitrogens with two attached hydrogens (primary N) is 1. The first-order chi connectivity index (χ1) is 9.63. The lowest BCUT2D eigenvalue weighted by molar-refractivity contribution is 0.0757. The molecule has 1 amide bonds. The van der Waals surface area contributed by atoms with Crippen LogP contribution in [0.25, 0.3) is 0 Å². The van der Waals surface area contributed by atoms with Gasteiger partial charge >= 0.3 is 0 Å². The first-order valence-electron chi connectivity index (χ1n) is 7.10. The van der Waals surface area contributed by atoms with E-state index in [0.29, 0.717) is 25.2 Å². The molecule has 0 aliphatic carbocycles. The number of aryl methyl sites for hydroxylation is 1. The van der Waals surface area contributed by atoms with Gasteiger partial charge < -0.3 is 15.5 Å². The monoisotopic (exact) mass is 279 g/mol. The molecule has 0 radical (unpaired) electrons. The summed E-state index contributed by atoms with van der Waals surface area (Å²) in [6.07, 6.45) is 0.902. The molecule has 1 aliphatic heterocycles. The van der Waals surface area contributed by atoms with Crippen LogP contribution in [0.15, 0.2) is 18.2 Å². The van der Waals surface area contributed by atoms with E-state index in [1.807, 2.05) is 0 Å². The highest BCUT2D eigenvalue weighted by molar-refractivity contribution is 5.94. The van der Waals surface area contributed by atoms with Crippen LogP contribution in [0.2, 0.25) is 0 Å². The predicted molar refractivity (Wildman–Crippen MR) is 77.2 cm³/mol. The fourth-order valence-corrected chi connectivity index (χ4v) is 2.56. The Morgan fingerprint density at radius 3 is 2.85 bits per heavy atom. The molecule has 2 rings (SSSR count). The summed E-state index contributed by atoms with van der Waals surface area (Å²) < 4.78 is 14.0. The first-order valence-corrected chi connectivity index (χ1v) is 7.10. The second kappa shape index (κ2) is 6.81. The lowest BCUT2D eigenvalue weighted by atomic mass is 10.1. The smallest absolute Gasteiger partial charge is 0.256 e. The quantitative estimate of drug-likeness (QED) is 0.905. The Balaban J connectivity index is 2.07. The largest absolute Gasteiger partial charge is 0.337 e. The predicted octanol–water partition coefficient (Wildman–Crippen LogP) is 1.24. The van der Waals surface area contributed by atoms with E-state index in [4.69, 9.17) is 5.73 Å². The van der Waals surface area contributed by atoms with E-state index in [0.717, 1.165) is 26.1 Å². The number of carbonyl (C=O) groups is 1. The summed E-state index contributed by atoms with van der Waals surface area (Å²) in [4.78, 5) is 16.4. The van der Waals surface area contributed by atoms with Gasteiger partial charge in [0.2, 0.25) is 0 Å². The number of hydrogen-bond acceptors (Lipinski definition) is 3.